The second-order valence-electron chi connectivity index (χ2n) is 5.01. The van der Waals surface area contributed by atoms with Crippen LogP contribution in [0.1, 0.15) is 32.3 Å². The van der Waals surface area contributed by atoms with Crippen molar-refractivity contribution in [3.63, 3.8) is 0 Å². The van der Waals surface area contributed by atoms with Crippen LogP contribution in [0.5, 0.6) is 0 Å². The molecule has 0 aliphatic carbocycles. The molecular weight excluding hydrogens is 272 g/mol. The summed E-state index contributed by atoms with van der Waals surface area (Å²) in [5, 5.41) is 11.3. The van der Waals surface area contributed by atoms with E-state index >= 15 is 0 Å². The van der Waals surface area contributed by atoms with Crippen molar-refractivity contribution in [3.8, 4) is 0 Å². The van der Waals surface area contributed by atoms with Crippen LogP contribution >= 0.6 is 0 Å². The summed E-state index contributed by atoms with van der Waals surface area (Å²) in [7, 11) is 0. The Kier molecular flexibility index (Phi) is 4.09. The first-order chi connectivity index (χ1) is 10.00. The van der Waals surface area contributed by atoms with Crippen LogP contribution in [0, 0.1) is 5.41 Å². The Labute approximate surface area is 122 Å². The van der Waals surface area contributed by atoms with Gasteiger partial charge in [0, 0.05) is 0 Å². The molecule has 1 aromatic carbocycles. The second-order valence-corrected chi connectivity index (χ2v) is 5.01. The third-order valence-electron chi connectivity index (χ3n) is 4.05. The molecule has 1 fully saturated rings. The highest BCUT2D eigenvalue weighted by Gasteiger charge is 2.51. The highest BCUT2D eigenvalue weighted by Crippen LogP contribution is 2.34. The molecule has 1 aromatic rings. The quantitative estimate of drug-likeness (QED) is 0.824. The minimum Gasteiger partial charge on any atom is -0.392 e. The zero-order valence-electron chi connectivity index (χ0n) is 12.0. The predicted octanol–water partition coefficient (Wildman–Crippen LogP) is 1.57. The summed E-state index contributed by atoms with van der Waals surface area (Å²) in [5.41, 5.74) is -0.144. The first-order valence-corrected chi connectivity index (χ1v) is 6.90. The van der Waals surface area contributed by atoms with Crippen molar-refractivity contribution < 1.29 is 19.5 Å². The number of barbiturate groups is 1. The molecule has 6 nitrogen and oxygen atoms in total. The Balaban J connectivity index is 2.44. The first kappa shape index (κ1) is 15.2. The fraction of sp³-hybridized carbons (Fsp3) is 0.400. The summed E-state index contributed by atoms with van der Waals surface area (Å²) in [6.07, 6.45) is 0.652. The lowest BCUT2D eigenvalue weighted by molar-refractivity contribution is -0.143. The molecule has 1 aliphatic rings. The number of carbonyl (C=O) groups is 3. The Hall–Kier alpha value is -2.21. The van der Waals surface area contributed by atoms with Gasteiger partial charge < -0.3 is 5.11 Å². The Morgan fingerprint density at radius 2 is 1.67 bits per heavy atom. The number of amides is 4. The number of rotatable bonds is 4. The van der Waals surface area contributed by atoms with Gasteiger partial charge in [-0.05, 0) is 30.5 Å². The average Bonchev–Trinajstić information content (AvgIpc) is 2.49. The number of aliphatic hydroxyl groups excluding tert-OH is 1. The number of urea groups is 1. The molecule has 0 spiro atoms. The standard InChI is InChI=1S/C15H18N2O4/c1-3-15(4-2)12(19)16-14(21)17(13(15)20)11-7-5-10(9-18)6-8-11/h5-8,18H,3-4,9H2,1-2H3,(H,16,19,21). The summed E-state index contributed by atoms with van der Waals surface area (Å²) in [5.74, 6) is -1.04. The molecule has 6 heteroatoms. The van der Waals surface area contributed by atoms with Gasteiger partial charge in [-0.15, -0.1) is 0 Å². The van der Waals surface area contributed by atoms with Crippen LogP contribution in [-0.4, -0.2) is 23.0 Å². The zero-order chi connectivity index (χ0) is 15.6. The van der Waals surface area contributed by atoms with E-state index in [1.807, 2.05) is 0 Å². The van der Waals surface area contributed by atoms with E-state index in [0.717, 1.165) is 4.90 Å². The van der Waals surface area contributed by atoms with Crippen molar-refractivity contribution >= 4 is 23.5 Å². The van der Waals surface area contributed by atoms with Crippen molar-refractivity contribution in [1.29, 1.82) is 0 Å². The monoisotopic (exact) mass is 290 g/mol. The minimum atomic E-state index is -1.20. The second kappa shape index (κ2) is 5.65. The van der Waals surface area contributed by atoms with Gasteiger partial charge in [-0.2, -0.15) is 0 Å². The van der Waals surface area contributed by atoms with Gasteiger partial charge in [0.05, 0.1) is 12.3 Å². The van der Waals surface area contributed by atoms with E-state index in [4.69, 9.17) is 5.11 Å². The molecular formula is C15H18N2O4. The lowest BCUT2D eigenvalue weighted by atomic mass is 9.78. The molecule has 1 heterocycles. The van der Waals surface area contributed by atoms with Crippen LogP contribution < -0.4 is 10.2 Å². The molecule has 1 saturated heterocycles. The molecule has 0 aromatic heterocycles. The van der Waals surface area contributed by atoms with Gasteiger partial charge in [-0.3, -0.25) is 14.9 Å². The van der Waals surface area contributed by atoms with E-state index in [-0.39, 0.29) is 6.61 Å². The number of hydrogen-bond acceptors (Lipinski definition) is 4. The summed E-state index contributed by atoms with van der Waals surface area (Å²) in [6, 6.07) is 5.68. The molecule has 0 saturated carbocycles. The van der Waals surface area contributed by atoms with Gasteiger partial charge in [0.1, 0.15) is 5.41 Å². The molecule has 0 atom stereocenters. The minimum absolute atomic E-state index is 0.118. The molecule has 0 bridgehead atoms. The number of nitrogens with zero attached hydrogens (tertiary/aromatic N) is 1. The van der Waals surface area contributed by atoms with Crippen LogP contribution in [-0.2, 0) is 16.2 Å². The summed E-state index contributed by atoms with van der Waals surface area (Å²) in [6.45, 7) is 3.39. The molecule has 1 aliphatic heterocycles. The first-order valence-electron chi connectivity index (χ1n) is 6.90. The summed E-state index contributed by atoms with van der Waals surface area (Å²) in [4.78, 5) is 37.8. The van der Waals surface area contributed by atoms with Crippen molar-refractivity contribution in [2.45, 2.75) is 33.3 Å². The lowest BCUT2D eigenvalue weighted by Gasteiger charge is -2.38. The van der Waals surface area contributed by atoms with E-state index in [0.29, 0.717) is 24.1 Å². The summed E-state index contributed by atoms with van der Waals surface area (Å²) >= 11 is 0. The molecule has 4 amide bonds. The number of hydrogen-bond donors (Lipinski definition) is 2. The molecule has 0 unspecified atom stereocenters. The summed E-state index contributed by atoms with van der Waals surface area (Å²) < 4.78 is 0. The van der Waals surface area contributed by atoms with Gasteiger partial charge in [-0.1, -0.05) is 26.0 Å². The van der Waals surface area contributed by atoms with Crippen LogP contribution in [0.4, 0.5) is 10.5 Å². The van der Waals surface area contributed by atoms with Crippen LogP contribution in [0.2, 0.25) is 0 Å². The van der Waals surface area contributed by atoms with E-state index in [1.54, 1.807) is 38.1 Å². The van der Waals surface area contributed by atoms with Crippen molar-refractivity contribution in [2.75, 3.05) is 4.90 Å². The fourth-order valence-corrected chi connectivity index (χ4v) is 2.53. The Morgan fingerprint density at radius 1 is 1.10 bits per heavy atom. The zero-order valence-corrected chi connectivity index (χ0v) is 12.0. The van der Waals surface area contributed by atoms with Crippen molar-refractivity contribution in [3.05, 3.63) is 29.8 Å². The van der Waals surface area contributed by atoms with Gasteiger partial charge in [0.15, 0.2) is 0 Å². The smallest absolute Gasteiger partial charge is 0.335 e. The van der Waals surface area contributed by atoms with E-state index < -0.39 is 23.3 Å². The normalized spacial score (nSPS) is 17.9. The number of anilines is 1. The maximum atomic E-state index is 12.7. The lowest BCUT2D eigenvalue weighted by Crippen LogP contribution is -2.63. The number of imide groups is 2. The fourth-order valence-electron chi connectivity index (χ4n) is 2.53. The average molecular weight is 290 g/mol. The molecule has 112 valence electrons. The van der Waals surface area contributed by atoms with E-state index in [2.05, 4.69) is 5.32 Å². The Morgan fingerprint density at radius 3 is 2.14 bits per heavy atom. The highest BCUT2D eigenvalue weighted by atomic mass is 16.3. The molecule has 2 N–H and O–H groups in total. The highest BCUT2D eigenvalue weighted by molar-refractivity contribution is 6.29. The van der Waals surface area contributed by atoms with E-state index in [9.17, 15) is 14.4 Å². The van der Waals surface area contributed by atoms with E-state index in [1.165, 1.54) is 0 Å². The predicted molar refractivity (Wildman–Crippen MR) is 76.4 cm³/mol. The number of benzene rings is 1. The SMILES string of the molecule is CCC1(CC)C(=O)NC(=O)N(c2ccc(CO)cc2)C1=O. The van der Waals surface area contributed by atoms with Gasteiger partial charge in [-0.25, -0.2) is 9.69 Å². The number of aliphatic hydroxyl groups is 1. The topological polar surface area (TPSA) is 86.7 Å². The van der Waals surface area contributed by atoms with Crippen molar-refractivity contribution in [1.82, 2.24) is 5.32 Å². The number of nitrogens with one attached hydrogen (secondary N) is 1. The molecule has 0 radical (unpaired) electrons. The third-order valence-corrected chi connectivity index (χ3v) is 4.05. The number of carbonyl (C=O) groups excluding carboxylic acids is 3. The maximum Gasteiger partial charge on any atom is 0.335 e. The van der Waals surface area contributed by atoms with Crippen molar-refractivity contribution in [2.24, 2.45) is 5.41 Å². The Bertz CT molecular complexity index is 576. The molecule has 21 heavy (non-hydrogen) atoms. The van der Waals surface area contributed by atoms with Crippen LogP contribution in [0.3, 0.4) is 0 Å². The maximum absolute atomic E-state index is 12.7. The van der Waals surface area contributed by atoms with Crippen LogP contribution in [0.25, 0.3) is 0 Å². The van der Waals surface area contributed by atoms with Gasteiger partial charge >= 0.3 is 6.03 Å². The third kappa shape index (κ3) is 2.31. The largest absolute Gasteiger partial charge is 0.392 e. The van der Waals surface area contributed by atoms with Gasteiger partial charge in [0.2, 0.25) is 5.91 Å². The van der Waals surface area contributed by atoms with Gasteiger partial charge in [0.25, 0.3) is 5.91 Å². The van der Waals surface area contributed by atoms with Crippen LogP contribution in [0.15, 0.2) is 24.3 Å². The molecule has 2 rings (SSSR count).